The molecule has 0 N–H and O–H groups in total. The Morgan fingerprint density at radius 1 is 1.29 bits per heavy atom. The third-order valence-electron chi connectivity index (χ3n) is 5.59. The fourth-order valence-corrected chi connectivity index (χ4v) is 4.15. The number of nitrogens with zero attached hydrogens (tertiary/aromatic N) is 1. The lowest BCUT2D eigenvalue weighted by atomic mass is 9.63. The van der Waals surface area contributed by atoms with Crippen LogP contribution in [0.1, 0.15) is 55.8 Å². The number of amides is 1. The molecule has 21 heavy (non-hydrogen) atoms. The Bertz CT molecular complexity index is 522. The minimum atomic E-state index is -0.335. The Morgan fingerprint density at radius 3 is 2.76 bits per heavy atom. The minimum Gasteiger partial charge on any atom is -0.338 e. The molecule has 2 fully saturated rings. The molecule has 0 bridgehead atoms. The van der Waals surface area contributed by atoms with Crippen molar-refractivity contribution in [2.75, 3.05) is 13.1 Å². The van der Waals surface area contributed by atoms with Crippen LogP contribution in [0.2, 0.25) is 0 Å². The van der Waals surface area contributed by atoms with Crippen LogP contribution >= 0.6 is 0 Å². The maximum Gasteiger partial charge on any atom is 0.253 e. The molecule has 0 radical (unpaired) electrons. The van der Waals surface area contributed by atoms with Gasteiger partial charge < -0.3 is 4.90 Å². The fraction of sp³-hybridized carbons (Fsp3) is 0.611. The molecule has 1 atom stereocenters. The molecule has 2 nitrogen and oxygen atoms in total. The molecule has 1 aromatic rings. The van der Waals surface area contributed by atoms with E-state index in [2.05, 4.69) is 6.92 Å². The molecule has 1 unspecified atom stereocenters. The Hall–Kier alpha value is -1.38. The van der Waals surface area contributed by atoms with Gasteiger partial charge >= 0.3 is 0 Å². The van der Waals surface area contributed by atoms with Crippen molar-refractivity contribution in [3.8, 4) is 0 Å². The van der Waals surface area contributed by atoms with Crippen LogP contribution in [-0.2, 0) is 0 Å². The molecule has 1 saturated carbocycles. The highest BCUT2D eigenvalue weighted by Gasteiger charge is 2.42. The lowest BCUT2D eigenvalue weighted by Crippen LogP contribution is -2.51. The number of likely N-dealkylation sites (tertiary alicyclic amines) is 1. The molecule has 1 heterocycles. The average Bonchev–Trinajstić information content (AvgIpc) is 2.50. The Morgan fingerprint density at radius 2 is 2.05 bits per heavy atom. The highest BCUT2D eigenvalue weighted by Crippen LogP contribution is 2.47. The first kappa shape index (κ1) is 14.6. The van der Waals surface area contributed by atoms with E-state index in [1.165, 1.54) is 44.2 Å². The van der Waals surface area contributed by atoms with Gasteiger partial charge in [0.15, 0.2) is 0 Å². The van der Waals surface area contributed by atoms with Crippen molar-refractivity contribution in [1.82, 2.24) is 4.90 Å². The van der Waals surface area contributed by atoms with Gasteiger partial charge in [0.2, 0.25) is 0 Å². The number of piperidine rings is 1. The van der Waals surface area contributed by atoms with E-state index in [1.807, 2.05) is 4.90 Å². The molecule has 1 aliphatic heterocycles. The highest BCUT2D eigenvalue weighted by atomic mass is 19.1. The number of hydrogen-bond acceptors (Lipinski definition) is 1. The van der Waals surface area contributed by atoms with E-state index < -0.39 is 0 Å². The number of rotatable bonds is 1. The van der Waals surface area contributed by atoms with Gasteiger partial charge in [-0.25, -0.2) is 4.39 Å². The average molecular weight is 289 g/mol. The third-order valence-corrected chi connectivity index (χ3v) is 5.59. The van der Waals surface area contributed by atoms with E-state index in [9.17, 15) is 9.18 Å². The van der Waals surface area contributed by atoms with Crippen LogP contribution in [-0.4, -0.2) is 23.9 Å². The summed E-state index contributed by atoms with van der Waals surface area (Å²) >= 11 is 0. The normalized spacial score (nSPS) is 25.0. The van der Waals surface area contributed by atoms with Crippen LogP contribution in [0.5, 0.6) is 0 Å². The lowest BCUT2D eigenvalue weighted by Gasteiger charge is -2.49. The molecule has 1 aromatic carbocycles. The van der Waals surface area contributed by atoms with Crippen molar-refractivity contribution in [3.63, 3.8) is 0 Å². The summed E-state index contributed by atoms with van der Waals surface area (Å²) in [6, 6.07) is 6.08. The van der Waals surface area contributed by atoms with Gasteiger partial charge in [-0.2, -0.15) is 0 Å². The maximum atomic E-state index is 13.3. The van der Waals surface area contributed by atoms with Gasteiger partial charge in [-0.1, -0.05) is 32.3 Å². The maximum absolute atomic E-state index is 13.3. The van der Waals surface area contributed by atoms with Gasteiger partial charge in [-0.15, -0.1) is 0 Å². The van der Waals surface area contributed by atoms with Gasteiger partial charge in [0.1, 0.15) is 5.82 Å². The summed E-state index contributed by atoms with van der Waals surface area (Å²) in [5.74, 6) is 0.347. The summed E-state index contributed by atoms with van der Waals surface area (Å²) in [6.07, 6.45) is 7.44. The van der Waals surface area contributed by atoms with Gasteiger partial charge in [0.25, 0.3) is 5.91 Å². The van der Waals surface area contributed by atoms with Crippen LogP contribution in [0.15, 0.2) is 24.3 Å². The number of hydrogen-bond donors (Lipinski definition) is 0. The second-order valence-electron chi connectivity index (χ2n) is 6.85. The van der Waals surface area contributed by atoms with Crippen LogP contribution in [0, 0.1) is 17.2 Å². The first-order chi connectivity index (χ1) is 10.1. The van der Waals surface area contributed by atoms with Crippen molar-refractivity contribution >= 4 is 5.91 Å². The first-order valence-electron chi connectivity index (χ1n) is 8.16. The van der Waals surface area contributed by atoms with E-state index in [-0.39, 0.29) is 11.7 Å². The number of carbonyl (C=O) groups is 1. The zero-order valence-electron chi connectivity index (χ0n) is 12.8. The standard InChI is InChI=1S/C18H24FNO/c1-14-8-11-20(13-18(14)9-3-2-4-10-18)17(21)15-6-5-7-16(19)12-15/h5-7,12,14H,2-4,8-11,13H2,1H3. The number of benzene rings is 1. The second-order valence-corrected chi connectivity index (χ2v) is 6.85. The molecule has 1 spiro atoms. The first-order valence-corrected chi connectivity index (χ1v) is 8.16. The van der Waals surface area contributed by atoms with Crippen LogP contribution in [0.25, 0.3) is 0 Å². The predicted molar refractivity (Wildman–Crippen MR) is 81.6 cm³/mol. The predicted octanol–water partition coefficient (Wildman–Crippen LogP) is 4.26. The highest BCUT2D eigenvalue weighted by molar-refractivity contribution is 5.94. The van der Waals surface area contributed by atoms with Crippen LogP contribution < -0.4 is 0 Å². The summed E-state index contributed by atoms with van der Waals surface area (Å²) in [4.78, 5) is 14.6. The second kappa shape index (κ2) is 5.78. The van der Waals surface area contributed by atoms with Crippen molar-refractivity contribution in [2.24, 2.45) is 11.3 Å². The Kier molecular flexibility index (Phi) is 4.01. The van der Waals surface area contributed by atoms with E-state index in [0.29, 0.717) is 16.9 Å². The van der Waals surface area contributed by atoms with Crippen molar-refractivity contribution in [2.45, 2.75) is 45.4 Å². The molecule has 3 rings (SSSR count). The largest absolute Gasteiger partial charge is 0.338 e. The fourth-order valence-electron chi connectivity index (χ4n) is 4.15. The zero-order chi connectivity index (χ0) is 14.9. The zero-order valence-corrected chi connectivity index (χ0v) is 12.8. The van der Waals surface area contributed by atoms with Crippen LogP contribution in [0.3, 0.4) is 0 Å². The SMILES string of the molecule is CC1CCN(C(=O)c2cccc(F)c2)CC12CCCCC2. The Labute approximate surface area is 126 Å². The van der Waals surface area contributed by atoms with Crippen molar-refractivity contribution in [1.29, 1.82) is 0 Å². The molecular formula is C18H24FNO. The molecule has 1 amide bonds. The van der Waals surface area contributed by atoms with Gasteiger partial charge in [-0.05, 0) is 48.8 Å². The summed E-state index contributed by atoms with van der Waals surface area (Å²) in [5, 5.41) is 0. The van der Waals surface area contributed by atoms with E-state index in [4.69, 9.17) is 0 Å². The topological polar surface area (TPSA) is 20.3 Å². The molecule has 1 saturated heterocycles. The van der Waals surface area contributed by atoms with E-state index in [0.717, 1.165) is 19.5 Å². The monoisotopic (exact) mass is 289 g/mol. The molecule has 1 aliphatic carbocycles. The molecule has 0 aromatic heterocycles. The molecule has 3 heteroatoms. The van der Waals surface area contributed by atoms with Crippen molar-refractivity contribution in [3.05, 3.63) is 35.6 Å². The molecule has 114 valence electrons. The third kappa shape index (κ3) is 2.83. The van der Waals surface area contributed by atoms with Crippen LogP contribution in [0.4, 0.5) is 4.39 Å². The summed E-state index contributed by atoms with van der Waals surface area (Å²) < 4.78 is 13.3. The number of carbonyl (C=O) groups excluding carboxylic acids is 1. The quantitative estimate of drug-likeness (QED) is 0.756. The lowest BCUT2D eigenvalue weighted by molar-refractivity contribution is 0.00681. The Balaban J connectivity index is 1.78. The van der Waals surface area contributed by atoms with E-state index >= 15 is 0 Å². The van der Waals surface area contributed by atoms with E-state index in [1.54, 1.807) is 12.1 Å². The van der Waals surface area contributed by atoms with Gasteiger partial charge in [0.05, 0.1) is 0 Å². The molecular weight excluding hydrogens is 265 g/mol. The van der Waals surface area contributed by atoms with Gasteiger partial charge in [0, 0.05) is 18.7 Å². The molecule has 2 aliphatic rings. The summed E-state index contributed by atoms with van der Waals surface area (Å²) in [7, 11) is 0. The smallest absolute Gasteiger partial charge is 0.253 e. The van der Waals surface area contributed by atoms with Gasteiger partial charge in [-0.3, -0.25) is 4.79 Å². The summed E-state index contributed by atoms with van der Waals surface area (Å²) in [5.41, 5.74) is 0.787. The van der Waals surface area contributed by atoms with Crippen molar-refractivity contribution < 1.29 is 9.18 Å². The number of halogens is 1. The summed E-state index contributed by atoms with van der Waals surface area (Å²) in [6.45, 7) is 4.00. The minimum absolute atomic E-state index is 0.00801.